The second-order valence-corrected chi connectivity index (χ2v) is 5.76. The number of amides is 3. The molecule has 0 aliphatic carbocycles. The molecule has 2 aromatic heterocycles. The Kier molecular flexibility index (Phi) is 6.39. The van der Waals surface area contributed by atoms with E-state index in [1.165, 1.54) is 6.26 Å². The summed E-state index contributed by atoms with van der Waals surface area (Å²) in [6.45, 7) is 2.24. The van der Waals surface area contributed by atoms with E-state index in [-0.39, 0.29) is 12.5 Å². The summed E-state index contributed by atoms with van der Waals surface area (Å²) in [5, 5.41) is 8.02. The summed E-state index contributed by atoms with van der Waals surface area (Å²) < 4.78 is 5.14. The first-order valence-electron chi connectivity index (χ1n) is 7.92. The Balaban J connectivity index is 1.75. The average Bonchev–Trinajstić information content (AvgIpc) is 3.11. The number of hydrogen-bond donors (Lipinski definition) is 3. The molecule has 2 heterocycles. The fourth-order valence-corrected chi connectivity index (χ4v) is 2.05. The fraction of sp³-hybridized carbons (Fsp3) is 0.353. The predicted octanol–water partition coefficient (Wildman–Crippen LogP) is 1.24. The molecule has 0 spiro atoms. The summed E-state index contributed by atoms with van der Waals surface area (Å²) in [4.78, 5) is 30.0. The van der Waals surface area contributed by atoms with Crippen LogP contribution in [0.15, 0.2) is 41.1 Å². The van der Waals surface area contributed by atoms with E-state index < -0.39 is 12.1 Å². The standard InChI is InChI=1S/C17H23N5O3/c1-12(16(23)19-11-14-5-4-8-25-14)21-17(24)20-10-13-6-7-18-15(9-13)22(2)3/h4-9,12H,10-11H2,1-3H3,(H,19,23)(H2,20,21,24)/t12-/m0/s1. The number of aromatic nitrogens is 1. The van der Waals surface area contributed by atoms with Crippen molar-refractivity contribution < 1.29 is 14.0 Å². The number of carbonyl (C=O) groups excluding carboxylic acids is 2. The lowest BCUT2D eigenvalue weighted by molar-refractivity contribution is -0.122. The van der Waals surface area contributed by atoms with Crippen molar-refractivity contribution in [3.05, 3.63) is 48.0 Å². The van der Waals surface area contributed by atoms with Crippen LogP contribution in [0.3, 0.4) is 0 Å². The smallest absolute Gasteiger partial charge is 0.315 e. The minimum atomic E-state index is -0.662. The second kappa shape index (κ2) is 8.72. The normalized spacial score (nSPS) is 11.5. The molecule has 3 amide bonds. The van der Waals surface area contributed by atoms with Crippen LogP contribution >= 0.6 is 0 Å². The van der Waals surface area contributed by atoms with Crippen LogP contribution in [0.4, 0.5) is 10.6 Å². The van der Waals surface area contributed by atoms with Gasteiger partial charge in [0.1, 0.15) is 17.6 Å². The molecule has 8 nitrogen and oxygen atoms in total. The zero-order chi connectivity index (χ0) is 18.2. The highest BCUT2D eigenvalue weighted by Crippen LogP contribution is 2.09. The average molecular weight is 345 g/mol. The number of rotatable bonds is 7. The van der Waals surface area contributed by atoms with E-state index in [1.807, 2.05) is 31.1 Å². The molecular weight excluding hydrogens is 322 g/mol. The van der Waals surface area contributed by atoms with Gasteiger partial charge in [-0.1, -0.05) is 0 Å². The van der Waals surface area contributed by atoms with Crippen molar-refractivity contribution in [1.82, 2.24) is 20.9 Å². The minimum Gasteiger partial charge on any atom is -0.467 e. The van der Waals surface area contributed by atoms with Gasteiger partial charge in [-0.2, -0.15) is 0 Å². The highest BCUT2D eigenvalue weighted by atomic mass is 16.3. The summed E-state index contributed by atoms with van der Waals surface area (Å²) >= 11 is 0. The molecule has 0 saturated carbocycles. The highest BCUT2D eigenvalue weighted by Gasteiger charge is 2.15. The molecule has 0 fully saturated rings. The van der Waals surface area contributed by atoms with Crippen LogP contribution in [-0.4, -0.2) is 37.1 Å². The van der Waals surface area contributed by atoms with Crippen molar-refractivity contribution in [3.63, 3.8) is 0 Å². The quantitative estimate of drug-likeness (QED) is 0.701. The van der Waals surface area contributed by atoms with Crippen LogP contribution in [-0.2, 0) is 17.9 Å². The number of nitrogens with one attached hydrogen (secondary N) is 3. The fourth-order valence-electron chi connectivity index (χ4n) is 2.05. The Morgan fingerprint density at radius 2 is 2.04 bits per heavy atom. The van der Waals surface area contributed by atoms with E-state index in [2.05, 4.69) is 20.9 Å². The van der Waals surface area contributed by atoms with Crippen LogP contribution < -0.4 is 20.9 Å². The predicted molar refractivity (Wildman–Crippen MR) is 94.0 cm³/mol. The Bertz CT molecular complexity index is 700. The maximum atomic E-state index is 12.0. The van der Waals surface area contributed by atoms with E-state index >= 15 is 0 Å². The van der Waals surface area contributed by atoms with Gasteiger partial charge >= 0.3 is 6.03 Å². The van der Waals surface area contributed by atoms with Crippen LogP contribution in [0.5, 0.6) is 0 Å². The van der Waals surface area contributed by atoms with Crippen molar-refractivity contribution in [1.29, 1.82) is 0 Å². The first-order chi connectivity index (χ1) is 12.0. The van der Waals surface area contributed by atoms with Gasteiger partial charge in [0.15, 0.2) is 0 Å². The third-order valence-electron chi connectivity index (χ3n) is 3.48. The van der Waals surface area contributed by atoms with E-state index in [1.54, 1.807) is 25.3 Å². The largest absolute Gasteiger partial charge is 0.467 e. The lowest BCUT2D eigenvalue weighted by Crippen LogP contribution is -2.48. The zero-order valence-corrected chi connectivity index (χ0v) is 14.6. The number of furan rings is 1. The molecule has 0 aliphatic rings. The topological polar surface area (TPSA) is 99.5 Å². The highest BCUT2D eigenvalue weighted by molar-refractivity contribution is 5.86. The number of nitrogens with zero attached hydrogens (tertiary/aromatic N) is 2. The molecule has 0 aliphatic heterocycles. The van der Waals surface area contributed by atoms with Gasteiger partial charge in [-0.25, -0.2) is 9.78 Å². The maximum absolute atomic E-state index is 12.0. The van der Waals surface area contributed by atoms with E-state index in [0.717, 1.165) is 11.4 Å². The Morgan fingerprint density at radius 3 is 2.72 bits per heavy atom. The molecule has 0 aromatic carbocycles. The third kappa shape index (κ3) is 5.83. The van der Waals surface area contributed by atoms with Crippen LogP contribution in [0.25, 0.3) is 0 Å². The van der Waals surface area contributed by atoms with Gasteiger partial charge in [0.25, 0.3) is 0 Å². The monoisotopic (exact) mass is 345 g/mol. The third-order valence-corrected chi connectivity index (χ3v) is 3.48. The Labute approximate surface area is 146 Å². The molecule has 2 rings (SSSR count). The lowest BCUT2D eigenvalue weighted by Gasteiger charge is -2.15. The number of pyridine rings is 1. The number of anilines is 1. The molecule has 1 atom stereocenters. The molecule has 3 N–H and O–H groups in total. The molecule has 25 heavy (non-hydrogen) atoms. The van der Waals surface area contributed by atoms with Crippen LogP contribution in [0.2, 0.25) is 0 Å². The lowest BCUT2D eigenvalue weighted by atomic mass is 10.2. The van der Waals surface area contributed by atoms with Gasteiger partial charge in [0, 0.05) is 26.8 Å². The first kappa shape index (κ1) is 18.3. The Hall–Kier alpha value is -3.03. The van der Waals surface area contributed by atoms with Gasteiger partial charge in [-0.3, -0.25) is 4.79 Å². The summed E-state index contributed by atoms with van der Waals surface area (Å²) in [6, 6.07) is 6.15. The molecule has 134 valence electrons. The van der Waals surface area contributed by atoms with Gasteiger partial charge < -0.3 is 25.3 Å². The summed E-state index contributed by atoms with van der Waals surface area (Å²) in [5.74, 6) is 1.18. The van der Waals surface area contributed by atoms with Crippen molar-refractivity contribution in [2.45, 2.75) is 26.1 Å². The molecule has 0 unspecified atom stereocenters. The molecule has 0 bridgehead atoms. The van der Waals surface area contributed by atoms with Gasteiger partial charge in [0.05, 0.1) is 12.8 Å². The first-order valence-corrected chi connectivity index (χ1v) is 7.92. The summed E-state index contributed by atoms with van der Waals surface area (Å²) in [6.07, 6.45) is 3.23. The van der Waals surface area contributed by atoms with Gasteiger partial charge in [-0.15, -0.1) is 0 Å². The van der Waals surface area contributed by atoms with Crippen LogP contribution in [0, 0.1) is 0 Å². The van der Waals surface area contributed by atoms with Crippen LogP contribution in [0.1, 0.15) is 18.2 Å². The van der Waals surface area contributed by atoms with Crippen molar-refractivity contribution in [2.24, 2.45) is 0 Å². The van der Waals surface area contributed by atoms with Crippen molar-refractivity contribution >= 4 is 17.8 Å². The summed E-state index contributed by atoms with van der Waals surface area (Å²) in [7, 11) is 3.80. The second-order valence-electron chi connectivity index (χ2n) is 5.76. The number of hydrogen-bond acceptors (Lipinski definition) is 5. The molecule has 2 aromatic rings. The molecule has 0 saturated heterocycles. The Morgan fingerprint density at radius 1 is 1.24 bits per heavy atom. The molecule has 0 radical (unpaired) electrons. The van der Waals surface area contributed by atoms with E-state index in [9.17, 15) is 9.59 Å². The van der Waals surface area contributed by atoms with E-state index in [0.29, 0.717) is 12.3 Å². The molecular formula is C17H23N5O3. The zero-order valence-electron chi connectivity index (χ0n) is 14.6. The summed E-state index contributed by atoms with van der Waals surface area (Å²) in [5.41, 5.74) is 0.920. The van der Waals surface area contributed by atoms with Gasteiger partial charge in [0.2, 0.25) is 5.91 Å². The van der Waals surface area contributed by atoms with Crippen molar-refractivity contribution in [2.75, 3.05) is 19.0 Å². The number of carbonyl (C=O) groups is 2. The molecule has 8 heteroatoms. The van der Waals surface area contributed by atoms with E-state index in [4.69, 9.17) is 4.42 Å². The number of urea groups is 1. The van der Waals surface area contributed by atoms with Gasteiger partial charge in [-0.05, 0) is 36.8 Å². The maximum Gasteiger partial charge on any atom is 0.315 e. The SMILES string of the molecule is C[C@H](NC(=O)NCc1ccnc(N(C)C)c1)C(=O)NCc1ccco1. The minimum absolute atomic E-state index is 0.282. The van der Waals surface area contributed by atoms with Crippen molar-refractivity contribution in [3.8, 4) is 0 Å².